The minimum absolute atomic E-state index is 0.354. The quantitative estimate of drug-likeness (QED) is 0.893. The first-order valence-electron chi connectivity index (χ1n) is 6.65. The highest BCUT2D eigenvalue weighted by Gasteiger charge is 2.27. The van der Waals surface area contributed by atoms with E-state index in [4.69, 9.17) is 4.42 Å². The Kier molecular flexibility index (Phi) is 3.44. The van der Waals surface area contributed by atoms with Crippen LogP contribution >= 0.6 is 15.9 Å². The average Bonchev–Trinajstić information content (AvgIpc) is 3.00. The van der Waals surface area contributed by atoms with Crippen LogP contribution in [0.3, 0.4) is 0 Å². The smallest absolute Gasteiger partial charge is 0.148 e. The predicted molar refractivity (Wildman–Crippen MR) is 77.7 cm³/mol. The molecule has 1 N–H and O–H groups in total. The van der Waals surface area contributed by atoms with Gasteiger partial charge in [-0.1, -0.05) is 25.0 Å². The molecule has 3 heteroatoms. The zero-order chi connectivity index (χ0) is 12.5. The number of hydrogen-bond acceptors (Lipinski definition) is 2. The van der Waals surface area contributed by atoms with Crippen LogP contribution < -0.4 is 5.32 Å². The Bertz CT molecular complexity index is 542. The van der Waals surface area contributed by atoms with E-state index in [0.29, 0.717) is 12.0 Å². The second-order valence-electron chi connectivity index (χ2n) is 5.12. The summed E-state index contributed by atoms with van der Waals surface area (Å²) in [7, 11) is 2.03. The number of fused-ring (bicyclic) bond motifs is 1. The van der Waals surface area contributed by atoms with Crippen molar-refractivity contribution >= 4 is 26.9 Å². The molecule has 0 aliphatic heterocycles. The van der Waals surface area contributed by atoms with Crippen molar-refractivity contribution < 1.29 is 4.42 Å². The molecule has 1 aliphatic rings. The van der Waals surface area contributed by atoms with E-state index in [1.165, 1.54) is 31.1 Å². The van der Waals surface area contributed by atoms with E-state index in [9.17, 15) is 0 Å². The lowest BCUT2D eigenvalue weighted by atomic mass is 9.96. The van der Waals surface area contributed by atoms with Gasteiger partial charge < -0.3 is 9.73 Å². The van der Waals surface area contributed by atoms with Gasteiger partial charge in [-0.3, -0.25) is 0 Å². The fraction of sp³-hybridized carbons (Fsp3) is 0.467. The van der Waals surface area contributed by atoms with E-state index in [1.807, 2.05) is 13.1 Å². The van der Waals surface area contributed by atoms with Crippen molar-refractivity contribution in [3.8, 4) is 0 Å². The van der Waals surface area contributed by atoms with Crippen LogP contribution in [-0.4, -0.2) is 7.05 Å². The number of furan rings is 1. The van der Waals surface area contributed by atoms with E-state index >= 15 is 0 Å². The molecule has 1 aromatic heterocycles. The van der Waals surface area contributed by atoms with E-state index in [0.717, 1.165) is 15.8 Å². The summed E-state index contributed by atoms with van der Waals surface area (Å²) in [4.78, 5) is 0. The third-order valence-electron chi connectivity index (χ3n) is 4.00. The maximum atomic E-state index is 6.05. The molecule has 1 atom stereocenters. The maximum absolute atomic E-state index is 6.05. The van der Waals surface area contributed by atoms with Crippen LogP contribution in [-0.2, 0) is 0 Å². The molecule has 2 nitrogen and oxygen atoms in total. The van der Waals surface area contributed by atoms with Gasteiger partial charge >= 0.3 is 0 Å². The summed E-state index contributed by atoms with van der Waals surface area (Å²) in [5.41, 5.74) is 0.964. The van der Waals surface area contributed by atoms with Gasteiger partial charge in [-0.2, -0.15) is 0 Å². The average molecular weight is 308 g/mol. The summed E-state index contributed by atoms with van der Waals surface area (Å²) in [6.07, 6.45) is 5.33. The Morgan fingerprint density at radius 3 is 2.78 bits per heavy atom. The van der Waals surface area contributed by atoms with Crippen molar-refractivity contribution in [1.82, 2.24) is 5.32 Å². The molecule has 0 bridgehead atoms. The summed E-state index contributed by atoms with van der Waals surface area (Å²) in [5, 5.41) is 4.61. The summed E-state index contributed by atoms with van der Waals surface area (Å²) < 4.78 is 7.09. The molecule has 1 unspecified atom stereocenters. The van der Waals surface area contributed by atoms with Crippen LogP contribution in [0.2, 0.25) is 0 Å². The summed E-state index contributed by atoms with van der Waals surface area (Å²) in [6.45, 7) is 0. The predicted octanol–water partition coefficient (Wildman–Crippen LogP) is 4.65. The Hall–Kier alpha value is -0.800. The number of hydrogen-bond donors (Lipinski definition) is 1. The number of benzene rings is 1. The molecule has 3 rings (SSSR count). The Morgan fingerprint density at radius 2 is 2.11 bits per heavy atom. The van der Waals surface area contributed by atoms with Crippen molar-refractivity contribution in [3.05, 3.63) is 34.5 Å². The molecule has 1 aromatic carbocycles. The molecule has 1 heterocycles. The second kappa shape index (κ2) is 5.06. The number of rotatable bonds is 3. The van der Waals surface area contributed by atoms with E-state index in [1.54, 1.807) is 0 Å². The first-order valence-corrected chi connectivity index (χ1v) is 7.44. The molecule has 18 heavy (non-hydrogen) atoms. The van der Waals surface area contributed by atoms with Crippen LogP contribution in [0.1, 0.15) is 37.5 Å². The molecule has 1 aliphatic carbocycles. The number of halogens is 1. The molecule has 1 fully saturated rings. The third kappa shape index (κ3) is 2.10. The highest BCUT2D eigenvalue weighted by atomic mass is 79.9. The fourth-order valence-electron chi connectivity index (χ4n) is 3.10. The monoisotopic (exact) mass is 307 g/mol. The highest BCUT2D eigenvalue weighted by Crippen LogP contribution is 2.38. The van der Waals surface area contributed by atoms with Crippen LogP contribution in [0.25, 0.3) is 11.0 Å². The van der Waals surface area contributed by atoms with Crippen LogP contribution in [0, 0.1) is 5.92 Å². The molecule has 0 spiro atoms. The van der Waals surface area contributed by atoms with Gasteiger partial charge in [-0.15, -0.1) is 0 Å². The third-order valence-corrected chi connectivity index (χ3v) is 4.63. The van der Waals surface area contributed by atoms with Gasteiger partial charge in [0, 0.05) is 5.39 Å². The highest BCUT2D eigenvalue weighted by molar-refractivity contribution is 9.10. The van der Waals surface area contributed by atoms with Crippen LogP contribution in [0.15, 0.2) is 33.2 Å². The lowest BCUT2D eigenvalue weighted by Gasteiger charge is -2.20. The Morgan fingerprint density at radius 1 is 1.33 bits per heavy atom. The lowest BCUT2D eigenvalue weighted by Crippen LogP contribution is -2.22. The zero-order valence-electron chi connectivity index (χ0n) is 10.6. The summed E-state index contributed by atoms with van der Waals surface area (Å²) in [5.74, 6) is 1.79. The fourth-order valence-corrected chi connectivity index (χ4v) is 3.56. The van der Waals surface area contributed by atoms with Crippen molar-refractivity contribution in [2.75, 3.05) is 7.05 Å². The van der Waals surface area contributed by atoms with Crippen molar-refractivity contribution in [2.24, 2.45) is 5.92 Å². The van der Waals surface area contributed by atoms with Gasteiger partial charge in [0.15, 0.2) is 0 Å². The molecular weight excluding hydrogens is 290 g/mol. The minimum Gasteiger partial charge on any atom is -0.458 e. The standard InChI is InChI=1S/C15H18BrNO/c1-17-14(10-5-2-3-6-10)13-9-11-7-4-8-12(16)15(11)18-13/h4,7-10,14,17H,2-3,5-6H2,1H3. The Balaban J connectivity index is 1.99. The van der Waals surface area contributed by atoms with Gasteiger partial charge in [-0.25, -0.2) is 0 Å². The van der Waals surface area contributed by atoms with Crippen molar-refractivity contribution in [2.45, 2.75) is 31.7 Å². The Labute approximate surface area is 116 Å². The summed E-state index contributed by atoms with van der Waals surface area (Å²) in [6, 6.07) is 8.72. The van der Waals surface area contributed by atoms with Crippen LogP contribution in [0.5, 0.6) is 0 Å². The molecular formula is C15H18BrNO. The van der Waals surface area contributed by atoms with E-state index < -0.39 is 0 Å². The van der Waals surface area contributed by atoms with Gasteiger partial charge in [0.25, 0.3) is 0 Å². The van der Waals surface area contributed by atoms with E-state index in [2.05, 4.69) is 39.4 Å². The zero-order valence-corrected chi connectivity index (χ0v) is 12.2. The number of para-hydroxylation sites is 1. The number of nitrogens with one attached hydrogen (secondary N) is 1. The van der Waals surface area contributed by atoms with Crippen molar-refractivity contribution in [3.63, 3.8) is 0 Å². The molecule has 0 saturated heterocycles. The molecule has 2 aromatic rings. The largest absolute Gasteiger partial charge is 0.458 e. The molecule has 0 radical (unpaired) electrons. The molecule has 1 saturated carbocycles. The van der Waals surface area contributed by atoms with E-state index in [-0.39, 0.29) is 0 Å². The lowest BCUT2D eigenvalue weighted by molar-refractivity contribution is 0.336. The minimum atomic E-state index is 0.354. The maximum Gasteiger partial charge on any atom is 0.148 e. The van der Waals surface area contributed by atoms with Crippen molar-refractivity contribution in [1.29, 1.82) is 0 Å². The normalized spacial score (nSPS) is 18.6. The second-order valence-corrected chi connectivity index (χ2v) is 5.97. The van der Waals surface area contributed by atoms with Gasteiger partial charge in [-0.05, 0) is 53.9 Å². The molecule has 96 valence electrons. The SMILES string of the molecule is CNC(c1cc2cccc(Br)c2o1)C1CCCC1. The van der Waals surface area contributed by atoms with Gasteiger partial charge in [0.2, 0.25) is 0 Å². The first kappa shape index (κ1) is 12.2. The van der Waals surface area contributed by atoms with Crippen LogP contribution in [0.4, 0.5) is 0 Å². The topological polar surface area (TPSA) is 25.2 Å². The first-order chi connectivity index (χ1) is 8.79. The summed E-state index contributed by atoms with van der Waals surface area (Å²) >= 11 is 3.55. The van der Waals surface area contributed by atoms with Gasteiger partial charge in [0.1, 0.15) is 11.3 Å². The van der Waals surface area contributed by atoms with Gasteiger partial charge in [0.05, 0.1) is 10.5 Å². The molecule has 0 amide bonds.